The largest absolute Gasteiger partial charge is 0.398 e. The fraction of sp³-hybridized carbons (Fsp3) is 0.308. The van der Waals surface area contributed by atoms with Gasteiger partial charge in [-0.25, -0.2) is 8.78 Å². The van der Waals surface area contributed by atoms with Crippen LogP contribution in [-0.4, -0.2) is 53.3 Å². The molecule has 9 heteroatoms. The zero-order valence-corrected chi connectivity index (χ0v) is 19.4. The summed E-state index contributed by atoms with van der Waals surface area (Å²) < 4.78 is 28.4. The number of pyridine rings is 1. The van der Waals surface area contributed by atoms with Gasteiger partial charge in [-0.15, -0.1) is 0 Å². The summed E-state index contributed by atoms with van der Waals surface area (Å²) in [6.45, 7) is 1.60. The summed E-state index contributed by atoms with van der Waals surface area (Å²) in [7, 11) is 0. The molecular formula is C26H29F2N7. The molecule has 0 radical (unpaired) electrons. The number of rotatable bonds is 7. The van der Waals surface area contributed by atoms with Crippen molar-refractivity contribution in [1.29, 1.82) is 5.41 Å². The maximum absolute atomic E-state index is 14.2. The average molecular weight is 478 g/mol. The monoisotopic (exact) mass is 477 g/mol. The van der Waals surface area contributed by atoms with Crippen LogP contribution in [0.25, 0.3) is 0 Å². The highest BCUT2D eigenvalue weighted by atomic mass is 19.1. The maximum Gasteiger partial charge on any atom is 0.129 e. The van der Waals surface area contributed by atoms with Crippen LogP contribution in [0.4, 0.5) is 20.2 Å². The summed E-state index contributed by atoms with van der Waals surface area (Å²) >= 11 is 0. The van der Waals surface area contributed by atoms with Gasteiger partial charge in [-0.1, -0.05) is 6.08 Å². The number of hydrazone groups is 1. The molecule has 2 atom stereocenters. The van der Waals surface area contributed by atoms with Crippen molar-refractivity contribution in [3.05, 3.63) is 77.4 Å². The van der Waals surface area contributed by atoms with Gasteiger partial charge in [-0.3, -0.25) is 20.3 Å². The van der Waals surface area contributed by atoms with Gasteiger partial charge in [0.05, 0.1) is 23.3 Å². The SMILES string of the molecule is N=C(c1ccncc1)c1cc(N=CC(=NN)C2CCCN(CC3=C(F)C=CCC3F)C2)ccc1N. The van der Waals surface area contributed by atoms with Crippen LogP contribution >= 0.6 is 0 Å². The van der Waals surface area contributed by atoms with Crippen molar-refractivity contribution in [1.82, 2.24) is 9.88 Å². The molecule has 5 N–H and O–H groups in total. The highest BCUT2D eigenvalue weighted by molar-refractivity contribution is 6.32. The molecule has 0 spiro atoms. The molecule has 35 heavy (non-hydrogen) atoms. The number of nitrogens with one attached hydrogen (secondary N) is 1. The van der Waals surface area contributed by atoms with Crippen LogP contribution in [0.5, 0.6) is 0 Å². The number of likely N-dealkylation sites (tertiary alicyclic amines) is 1. The molecule has 2 aliphatic rings. The minimum atomic E-state index is -1.28. The Kier molecular flexibility index (Phi) is 7.77. The van der Waals surface area contributed by atoms with E-state index in [-0.39, 0.29) is 30.2 Å². The molecular weight excluding hydrogens is 448 g/mol. The topological polar surface area (TPSA) is 117 Å². The standard InChI is InChI=1S/C26H29F2N7/c27-22-4-1-5-23(28)21(22)16-35-12-2-3-18(15-35)25(34-31)14-33-19-6-7-24(29)20(13-19)26(30)17-8-10-32-11-9-17/h1,4,6-11,13-14,18,23,30H,2-3,5,12,15-16,29,31H2. The number of aromatic nitrogens is 1. The molecule has 7 nitrogen and oxygen atoms in total. The summed E-state index contributed by atoms with van der Waals surface area (Å²) in [6.07, 6.45) is 8.42. The van der Waals surface area contributed by atoms with Gasteiger partial charge in [0.1, 0.15) is 12.0 Å². The third-order valence-electron chi connectivity index (χ3n) is 6.38. The number of anilines is 1. The van der Waals surface area contributed by atoms with E-state index in [1.165, 1.54) is 12.2 Å². The highest BCUT2D eigenvalue weighted by Gasteiger charge is 2.27. The molecule has 2 heterocycles. The van der Waals surface area contributed by atoms with E-state index in [0.29, 0.717) is 34.8 Å². The molecule has 1 aromatic carbocycles. The number of alkyl halides is 1. The zero-order valence-electron chi connectivity index (χ0n) is 19.4. The molecule has 1 aromatic heterocycles. The molecule has 1 saturated heterocycles. The first kappa shape index (κ1) is 24.4. The number of nitrogen functional groups attached to an aromatic ring is 1. The number of benzene rings is 1. The Labute approximate surface area is 203 Å². The number of aliphatic imine (C=N–C) groups is 1. The minimum Gasteiger partial charge on any atom is -0.398 e. The summed E-state index contributed by atoms with van der Waals surface area (Å²) in [5, 5.41) is 12.5. The normalized spacial score (nSPS) is 21.6. The van der Waals surface area contributed by atoms with E-state index in [1.54, 1.807) is 48.9 Å². The third-order valence-corrected chi connectivity index (χ3v) is 6.38. The second-order valence-corrected chi connectivity index (χ2v) is 8.75. The molecule has 0 saturated carbocycles. The van der Waals surface area contributed by atoms with Crippen molar-refractivity contribution in [2.45, 2.75) is 25.4 Å². The van der Waals surface area contributed by atoms with Gasteiger partial charge < -0.3 is 11.6 Å². The summed E-state index contributed by atoms with van der Waals surface area (Å²) in [5.41, 5.74) is 9.59. The van der Waals surface area contributed by atoms with Crippen LogP contribution < -0.4 is 11.6 Å². The van der Waals surface area contributed by atoms with Gasteiger partial charge in [-0.05, 0) is 55.8 Å². The minimum absolute atomic E-state index is 0.00160. The molecule has 1 fully saturated rings. The van der Waals surface area contributed by atoms with E-state index in [0.717, 1.165) is 19.4 Å². The van der Waals surface area contributed by atoms with Crippen molar-refractivity contribution in [3.63, 3.8) is 0 Å². The number of nitrogens with zero attached hydrogens (tertiary/aromatic N) is 4. The van der Waals surface area contributed by atoms with Gasteiger partial charge >= 0.3 is 0 Å². The van der Waals surface area contributed by atoms with Crippen LogP contribution in [0.15, 0.2) is 76.4 Å². The van der Waals surface area contributed by atoms with Crippen molar-refractivity contribution in [2.75, 3.05) is 25.4 Å². The summed E-state index contributed by atoms with van der Waals surface area (Å²) in [6, 6.07) is 8.74. The predicted octanol–water partition coefficient (Wildman–Crippen LogP) is 4.33. The van der Waals surface area contributed by atoms with Gasteiger partial charge in [0, 0.05) is 60.2 Å². The summed E-state index contributed by atoms with van der Waals surface area (Å²) in [5.74, 6) is 5.23. The molecule has 182 valence electrons. The van der Waals surface area contributed by atoms with Crippen molar-refractivity contribution < 1.29 is 8.78 Å². The van der Waals surface area contributed by atoms with E-state index < -0.39 is 12.0 Å². The lowest BCUT2D eigenvalue weighted by molar-refractivity contribution is 0.207. The fourth-order valence-electron chi connectivity index (χ4n) is 4.45. The Bertz CT molecular complexity index is 1190. The van der Waals surface area contributed by atoms with E-state index >= 15 is 0 Å². The molecule has 0 amide bonds. The number of allylic oxidation sites excluding steroid dienone is 3. The first-order valence-corrected chi connectivity index (χ1v) is 11.6. The van der Waals surface area contributed by atoms with Gasteiger partial charge in [0.25, 0.3) is 0 Å². The average Bonchev–Trinajstić information content (AvgIpc) is 2.88. The number of hydrogen-bond acceptors (Lipinski definition) is 7. The lowest BCUT2D eigenvalue weighted by Gasteiger charge is -2.33. The van der Waals surface area contributed by atoms with Crippen molar-refractivity contribution >= 4 is 29.0 Å². The van der Waals surface area contributed by atoms with Gasteiger partial charge in [0.15, 0.2) is 0 Å². The molecule has 1 aliphatic carbocycles. The van der Waals surface area contributed by atoms with E-state index in [9.17, 15) is 8.78 Å². The number of nitrogens with two attached hydrogens (primary N) is 2. The van der Waals surface area contributed by atoms with Crippen molar-refractivity contribution in [2.24, 2.45) is 21.9 Å². The second-order valence-electron chi connectivity index (χ2n) is 8.75. The first-order valence-electron chi connectivity index (χ1n) is 11.6. The Morgan fingerprint density at radius 2 is 2.06 bits per heavy atom. The van der Waals surface area contributed by atoms with Crippen LogP contribution in [0.1, 0.15) is 30.4 Å². The van der Waals surface area contributed by atoms with Crippen molar-refractivity contribution in [3.8, 4) is 0 Å². The third kappa shape index (κ3) is 5.86. The molecule has 0 bridgehead atoms. The Hall–Kier alpha value is -3.72. The zero-order chi connectivity index (χ0) is 24.8. The quantitative estimate of drug-likeness (QED) is 0.238. The summed E-state index contributed by atoms with van der Waals surface area (Å²) in [4.78, 5) is 10.6. The van der Waals surface area contributed by atoms with Crippen LogP contribution in [0, 0.1) is 11.3 Å². The Morgan fingerprint density at radius 3 is 2.80 bits per heavy atom. The van der Waals surface area contributed by atoms with Crippen LogP contribution in [0.3, 0.4) is 0 Å². The van der Waals surface area contributed by atoms with E-state index in [1.807, 2.05) is 4.90 Å². The number of piperidine rings is 1. The predicted molar refractivity (Wildman–Crippen MR) is 137 cm³/mol. The van der Waals surface area contributed by atoms with Crippen LogP contribution in [-0.2, 0) is 0 Å². The Balaban J connectivity index is 1.46. The smallest absolute Gasteiger partial charge is 0.129 e. The second kappa shape index (κ2) is 11.1. The molecule has 2 unspecified atom stereocenters. The van der Waals surface area contributed by atoms with E-state index in [4.69, 9.17) is 17.0 Å². The van der Waals surface area contributed by atoms with Gasteiger partial charge in [-0.2, -0.15) is 5.10 Å². The lowest BCUT2D eigenvalue weighted by Crippen LogP contribution is -2.41. The number of halogens is 2. The lowest BCUT2D eigenvalue weighted by atomic mass is 9.92. The molecule has 4 rings (SSSR count). The first-order chi connectivity index (χ1) is 17.0. The molecule has 2 aromatic rings. The number of hydrogen-bond donors (Lipinski definition) is 3. The van der Waals surface area contributed by atoms with E-state index in [2.05, 4.69) is 15.1 Å². The maximum atomic E-state index is 14.2. The van der Waals surface area contributed by atoms with Gasteiger partial charge in [0.2, 0.25) is 0 Å². The molecule has 1 aliphatic heterocycles. The van der Waals surface area contributed by atoms with Crippen LogP contribution in [0.2, 0.25) is 0 Å². The highest BCUT2D eigenvalue weighted by Crippen LogP contribution is 2.27. The fourth-order valence-corrected chi connectivity index (χ4v) is 4.45. The Morgan fingerprint density at radius 1 is 1.26 bits per heavy atom.